The van der Waals surface area contributed by atoms with E-state index in [1.807, 2.05) is 18.2 Å². The van der Waals surface area contributed by atoms with E-state index in [0.717, 1.165) is 27.9 Å². The maximum Gasteiger partial charge on any atom is 0.131 e. The van der Waals surface area contributed by atoms with Gasteiger partial charge in [-0.15, -0.1) is 0 Å². The van der Waals surface area contributed by atoms with Crippen LogP contribution in [0.2, 0.25) is 0 Å². The summed E-state index contributed by atoms with van der Waals surface area (Å²) >= 11 is 0. The van der Waals surface area contributed by atoms with Crippen LogP contribution in [0.3, 0.4) is 0 Å². The topological polar surface area (TPSA) is 25.4 Å². The Labute approximate surface area is 149 Å². The number of anilines is 1. The fourth-order valence-electron chi connectivity index (χ4n) is 3.46. The fraction of sp³-hybridized carbons (Fsp3) is 0.318. The molecule has 3 aromatic rings. The normalized spacial score (nSPS) is 14.4. The van der Waals surface area contributed by atoms with Gasteiger partial charge >= 0.3 is 0 Å². The van der Waals surface area contributed by atoms with Crippen LogP contribution >= 0.6 is 0 Å². The van der Waals surface area contributed by atoms with E-state index in [-0.39, 0.29) is 6.10 Å². The molecule has 0 unspecified atom stereocenters. The first-order chi connectivity index (χ1) is 12.2. The van der Waals surface area contributed by atoms with Crippen molar-refractivity contribution in [2.24, 2.45) is 0 Å². The molecule has 25 heavy (non-hydrogen) atoms. The van der Waals surface area contributed by atoms with Crippen molar-refractivity contribution in [3.8, 4) is 17.0 Å². The van der Waals surface area contributed by atoms with Crippen LogP contribution < -0.4 is 9.64 Å². The average molecular weight is 332 g/mol. The summed E-state index contributed by atoms with van der Waals surface area (Å²) in [6.45, 7) is 6.44. The van der Waals surface area contributed by atoms with E-state index in [2.05, 4.69) is 55.1 Å². The Kier molecular flexibility index (Phi) is 4.31. The molecule has 1 fully saturated rings. The smallest absolute Gasteiger partial charge is 0.131 e. The van der Waals surface area contributed by atoms with Crippen molar-refractivity contribution in [1.29, 1.82) is 0 Å². The molecule has 0 amide bonds. The molecule has 0 saturated carbocycles. The molecule has 0 N–H and O–H groups in total. The van der Waals surface area contributed by atoms with Crippen molar-refractivity contribution >= 4 is 16.6 Å². The van der Waals surface area contributed by atoms with E-state index >= 15 is 0 Å². The molecule has 1 saturated heterocycles. The van der Waals surface area contributed by atoms with Gasteiger partial charge in [-0.1, -0.05) is 24.3 Å². The summed E-state index contributed by atoms with van der Waals surface area (Å²) in [6, 6.07) is 19.0. The zero-order valence-corrected chi connectivity index (χ0v) is 14.9. The molecule has 0 radical (unpaired) electrons. The van der Waals surface area contributed by atoms with Crippen LogP contribution in [0.25, 0.3) is 22.2 Å². The van der Waals surface area contributed by atoms with Gasteiger partial charge in [0, 0.05) is 35.8 Å². The third kappa shape index (κ3) is 3.32. The number of hydrogen-bond donors (Lipinski definition) is 0. The summed E-state index contributed by atoms with van der Waals surface area (Å²) in [7, 11) is 0. The van der Waals surface area contributed by atoms with Crippen LogP contribution in [0, 0.1) is 0 Å². The Morgan fingerprint density at radius 2 is 1.68 bits per heavy atom. The van der Waals surface area contributed by atoms with Gasteiger partial charge in [0.2, 0.25) is 0 Å². The number of fused-ring (bicyclic) bond motifs is 1. The zero-order valence-electron chi connectivity index (χ0n) is 14.9. The Hall–Kier alpha value is -2.55. The Morgan fingerprint density at radius 3 is 2.40 bits per heavy atom. The van der Waals surface area contributed by atoms with Gasteiger partial charge in [-0.3, -0.25) is 0 Å². The minimum Gasteiger partial charge on any atom is -0.490 e. The van der Waals surface area contributed by atoms with Crippen molar-refractivity contribution < 1.29 is 4.74 Å². The van der Waals surface area contributed by atoms with Gasteiger partial charge in [-0.05, 0) is 51.0 Å². The lowest BCUT2D eigenvalue weighted by molar-refractivity contribution is 0.245. The summed E-state index contributed by atoms with van der Waals surface area (Å²) in [4.78, 5) is 7.30. The van der Waals surface area contributed by atoms with E-state index in [1.54, 1.807) is 0 Å². The molecule has 1 aliphatic heterocycles. The van der Waals surface area contributed by atoms with Crippen molar-refractivity contribution in [2.75, 3.05) is 18.0 Å². The van der Waals surface area contributed by atoms with Gasteiger partial charge < -0.3 is 9.64 Å². The van der Waals surface area contributed by atoms with Crippen LogP contribution in [0.15, 0.2) is 54.6 Å². The number of benzene rings is 2. The fourth-order valence-corrected chi connectivity index (χ4v) is 3.46. The van der Waals surface area contributed by atoms with Crippen LogP contribution in [0.5, 0.6) is 5.75 Å². The number of nitrogens with zero attached hydrogens (tertiary/aromatic N) is 2. The minimum absolute atomic E-state index is 0.135. The largest absolute Gasteiger partial charge is 0.490 e. The predicted octanol–water partition coefficient (Wildman–Crippen LogP) is 5.29. The Bertz CT molecular complexity index is 865. The quantitative estimate of drug-likeness (QED) is 0.649. The SMILES string of the molecule is CC(C)Oc1cc(-c2ccc(N3CCCC3)cc2)nc2ccccc12. The van der Waals surface area contributed by atoms with Crippen molar-refractivity contribution in [1.82, 2.24) is 4.98 Å². The summed E-state index contributed by atoms with van der Waals surface area (Å²) in [5, 5.41) is 1.06. The average Bonchev–Trinajstić information content (AvgIpc) is 3.16. The molecule has 1 aliphatic rings. The maximum absolute atomic E-state index is 6.05. The van der Waals surface area contributed by atoms with E-state index in [9.17, 15) is 0 Å². The molecule has 2 heterocycles. The minimum atomic E-state index is 0.135. The first-order valence-electron chi connectivity index (χ1n) is 9.12. The highest BCUT2D eigenvalue weighted by Crippen LogP contribution is 2.31. The number of pyridine rings is 1. The predicted molar refractivity (Wildman–Crippen MR) is 104 cm³/mol. The Balaban J connectivity index is 1.72. The highest BCUT2D eigenvalue weighted by atomic mass is 16.5. The van der Waals surface area contributed by atoms with E-state index in [4.69, 9.17) is 9.72 Å². The Morgan fingerprint density at radius 1 is 0.960 bits per heavy atom. The number of ether oxygens (including phenoxy) is 1. The van der Waals surface area contributed by atoms with E-state index in [1.165, 1.54) is 31.6 Å². The van der Waals surface area contributed by atoms with Crippen LogP contribution in [0.4, 0.5) is 5.69 Å². The van der Waals surface area contributed by atoms with Crippen LogP contribution in [0.1, 0.15) is 26.7 Å². The molecule has 0 spiro atoms. The molecule has 3 nitrogen and oxygen atoms in total. The van der Waals surface area contributed by atoms with Gasteiger partial charge in [-0.2, -0.15) is 0 Å². The van der Waals surface area contributed by atoms with Gasteiger partial charge in [0.05, 0.1) is 17.3 Å². The molecule has 1 aromatic heterocycles. The molecular formula is C22H24N2O. The molecule has 128 valence electrons. The van der Waals surface area contributed by atoms with E-state index < -0.39 is 0 Å². The second-order valence-electron chi connectivity index (χ2n) is 6.93. The lowest BCUT2D eigenvalue weighted by Crippen LogP contribution is -2.17. The summed E-state index contributed by atoms with van der Waals surface area (Å²) in [5.74, 6) is 0.902. The second kappa shape index (κ2) is 6.75. The lowest BCUT2D eigenvalue weighted by atomic mass is 10.1. The third-order valence-electron chi connectivity index (χ3n) is 4.68. The molecule has 3 heteroatoms. The number of hydrogen-bond acceptors (Lipinski definition) is 3. The number of rotatable bonds is 4. The highest BCUT2D eigenvalue weighted by Gasteiger charge is 2.13. The van der Waals surface area contributed by atoms with Gasteiger partial charge in [0.1, 0.15) is 5.75 Å². The van der Waals surface area contributed by atoms with Gasteiger partial charge in [0.15, 0.2) is 0 Å². The summed E-state index contributed by atoms with van der Waals surface area (Å²) in [5.41, 5.74) is 4.37. The van der Waals surface area contributed by atoms with Gasteiger partial charge in [0.25, 0.3) is 0 Å². The number of para-hydroxylation sites is 1. The van der Waals surface area contributed by atoms with E-state index in [0.29, 0.717) is 0 Å². The number of aromatic nitrogens is 1. The standard InChI is InChI=1S/C22H24N2O/c1-16(2)25-22-15-21(23-20-8-4-3-7-19(20)22)17-9-11-18(12-10-17)24-13-5-6-14-24/h3-4,7-12,15-16H,5-6,13-14H2,1-2H3. The van der Waals surface area contributed by atoms with Crippen LogP contribution in [-0.4, -0.2) is 24.2 Å². The zero-order chi connectivity index (χ0) is 17.2. The van der Waals surface area contributed by atoms with Crippen molar-refractivity contribution in [3.63, 3.8) is 0 Å². The van der Waals surface area contributed by atoms with Crippen molar-refractivity contribution in [3.05, 3.63) is 54.6 Å². The molecule has 2 aromatic carbocycles. The van der Waals surface area contributed by atoms with Crippen LogP contribution in [-0.2, 0) is 0 Å². The maximum atomic E-state index is 6.05. The molecule has 4 rings (SSSR count). The molecule has 0 bridgehead atoms. The molecular weight excluding hydrogens is 308 g/mol. The molecule has 0 atom stereocenters. The van der Waals surface area contributed by atoms with Gasteiger partial charge in [-0.25, -0.2) is 4.98 Å². The first-order valence-corrected chi connectivity index (χ1v) is 9.12. The second-order valence-corrected chi connectivity index (χ2v) is 6.93. The monoisotopic (exact) mass is 332 g/mol. The third-order valence-corrected chi connectivity index (χ3v) is 4.68. The summed E-state index contributed by atoms with van der Waals surface area (Å²) < 4.78 is 6.05. The summed E-state index contributed by atoms with van der Waals surface area (Å²) in [6.07, 6.45) is 2.73. The highest BCUT2D eigenvalue weighted by molar-refractivity contribution is 5.88. The first kappa shape index (κ1) is 15.9. The lowest BCUT2D eigenvalue weighted by Gasteiger charge is -2.18. The molecule has 0 aliphatic carbocycles. The van der Waals surface area contributed by atoms with Crippen molar-refractivity contribution in [2.45, 2.75) is 32.8 Å².